The molecule has 5 nitrogen and oxygen atoms in total. The summed E-state index contributed by atoms with van der Waals surface area (Å²) in [5.41, 5.74) is 5.40. The third-order valence-corrected chi connectivity index (χ3v) is 3.52. The monoisotopic (exact) mass is 238 g/mol. The number of aromatic nitrogens is 2. The van der Waals surface area contributed by atoms with Gasteiger partial charge in [0, 0.05) is 6.54 Å². The Balaban J connectivity index is 1.68. The Kier molecular flexibility index (Phi) is 4.36. The van der Waals surface area contributed by atoms with Crippen LogP contribution in [0.2, 0.25) is 0 Å². The van der Waals surface area contributed by atoms with Crippen molar-refractivity contribution in [1.82, 2.24) is 10.2 Å². The standard InChI is InChI=1S/C12H22N4O/c1-9-3-2-4-10(7-9)5-6-14-12-16-15-11(8-13)17-12/h9-10H,2-8,13H2,1H3,(H,14,16). The average Bonchev–Trinajstić information content (AvgIpc) is 2.77. The molecule has 0 saturated heterocycles. The van der Waals surface area contributed by atoms with Crippen molar-refractivity contribution in [3.05, 3.63) is 5.89 Å². The highest BCUT2D eigenvalue weighted by atomic mass is 16.4. The lowest BCUT2D eigenvalue weighted by atomic mass is 9.81. The molecule has 2 rings (SSSR count). The van der Waals surface area contributed by atoms with Crippen molar-refractivity contribution in [2.45, 2.75) is 45.6 Å². The Morgan fingerprint density at radius 2 is 2.29 bits per heavy atom. The fourth-order valence-electron chi connectivity index (χ4n) is 2.61. The second-order valence-corrected chi connectivity index (χ2v) is 5.06. The normalized spacial score (nSPS) is 24.8. The van der Waals surface area contributed by atoms with Crippen molar-refractivity contribution >= 4 is 6.01 Å². The lowest BCUT2D eigenvalue weighted by Crippen LogP contribution is -2.16. The van der Waals surface area contributed by atoms with Crippen molar-refractivity contribution in [1.29, 1.82) is 0 Å². The molecular weight excluding hydrogens is 216 g/mol. The minimum Gasteiger partial charge on any atom is -0.407 e. The molecule has 2 atom stereocenters. The van der Waals surface area contributed by atoms with Crippen LogP contribution in [0.4, 0.5) is 6.01 Å². The SMILES string of the molecule is CC1CCCC(CCNc2nnc(CN)o2)C1. The van der Waals surface area contributed by atoms with E-state index in [9.17, 15) is 0 Å². The summed E-state index contributed by atoms with van der Waals surface area (Å²) in [6.07, 6.45) is 6.69. The summed E-state index contributed by atoms with van der Waals surface area (Å²) >= 11 is 0. The van der Waals surface area contributed by atoms with Gasteiger partial charge < -0.3 is 15.5 Å². The van der Waals surface area contributed by atoms with E-state index in [0.29, 0.717) is 18.5 Å². The van der Waals surface area contributed by atoms with Gasteiger partial charge >= 0.3 is 6.01 Å². The van der Waals surface area contributed by atoms with E-state index in [1.54, 1.807) is 0 Å². The molecule has 17 heavy (non-hydrogen) atoms. The largest absolute Gasteiger partial charge is 0.407 e. The minimum absolute atomic E-state index is 0.300. The first-order valence-electron chi connectivity index (χ1n) is 6.54. The van der Waals surface area contributed by atoms with E-state index < -0.39 is 0 Å². The van der Waals surface area contributed by atoms with Gasteiger partial charge in [-0.05, 0) is 24.7 Å². The number of hydrogen-bond acceptors (Lipinski definition) is 5. The van der Waals surface area contributed by atoms with E-state index in [-0.39, 0.29) is 0 Å². The highest BCUT2D eigenvalue weighted by molar-refractivity contribution is 5.16. The summed E-state index contributed by atoms with van der Waals surface area (Å²) in [6.45, 7) is 3.56. The predicted octanol–water partition coefficient (Wildman–Crippen LogP) is 2.16. The number of hydrogen-bond donors (Lipinski definition) is 2. The molecule has 1 heterocycles. The quantitative estimate of drug-likeness (QED) is 0.822. The van der Waals surface area contributed by atoms with Gasteiger partial charge in [-0.3, -0.25) is 0 Å². The van der Waals surface area contributed by atoms with E-state index in [4.69, 9.17) is 10.2 Å². The van der Waals surface area contributed by atoms with E-state index in [1.807, 2.05) is 0 Å². The molecule has 0 radical (unpaired) electrons. The van der Waals surface area contributed by atoms with E-state index in [2.05, 4.69) is 22.4 Å². The van der Waals surface area contributed by atoms with E-state index in [1.165, 1.54) is 32.1 Å². The molecule has 1 aliphatic rings. The molecular formula is C12H22N4O. The summed E-state index contributed by atoms with van der Waals surface area (Å²) in [5.74, 6) is 2.22. The number of nitrogens with two attached hydrogens (primary N) is 1. The predicted molar refractivity (Wildman–Crippen MR) is 66.4 cm³/mol. The summed E-state index contributed by atoms with van der Waals surface area (Å²) in [5, 5.41) is 10.9. The van der Waals surface area contributed by atoms with Crippen LogP contribution in [0.15, 0.2) is 4.42 Å². The molecule has 1 aromatic heterocycles. The van der Waals surface area contributed by atoms with Crippen molar-refractivity contribution < 1.29 is 4.42 Å². The molecule has 1 saturated carbocycles. The number of nitrogens with one attached hydrogen (secondary N) is 1. The van der Waals surface area contributed by atoms with Gasteiger partial charge in [0.15, 0.2) is 0 Å². The first kappa shape index (κ1) is 12.4. The van der Waals surface area contributed by atoms with Gasteiger partial charge in [-0.25, -0.2) is 0 Å². The molecule has 3 N–H and O–H groups in total. The van der Waals surface area contributed by atoms with Crippen molar-refractivity contribution in [3.8, 4) is 0 Å². The Hall–Kier alpha value is -1.10. The Morgan fingerprint density at radius 3 is 3.00 bits per heavy atom. The Morgan fingerprint density at radius 1 is 1.41 bits per heavy atom. The fraction of sp³-hybridized carbons (Fsp3) is 0.833. The molecule has 96 valence electrons. The van der Waals surface area contributed by atoms with Crippen LogP contribution in [-0.4, -0.2) is 16.7 Å². The molecule has 0 amide bonds. The highest BCUT2D eigenvalue weighted by Gasteiger charge is 2.18. The number of anilines is 1. The molecule has 5 heteroatoms. The maximum atomic E-state index is 5.40. The summed E-state index contributed by atoms with van der Waals surface area (Å²) in [6, 6.07) is 0.495. The number of rotatable bonds is 5. The molecule has 2 unspecified atom stereocenters. The van der Waals surface area contributed by atoms with Crippen LogP contribution in [0.3, 0.4) is 0 Å². The Labute approximate surface area is 102 Å². The lowest BCUT2D eigenvalue weighted by Gasteiger charge is -2.26. The average molecular weight is 238 g/mol. The van der Waals surface area contributed by atoms with Crippen LogP contribution in [0, 0.1) is 11.8 Å². The van der Waals surface area contributed by atoms with Gasteiger partial charge in [0.25, 0.3) is 0 Å². The first-order chi connectivity index (χ1) is 8.28. The van der Waals surface area contributed by atoms with Gasteiger partial charge in [0.1, 0.15) is 0 Å². The Bertz CT molecular complexity index is 339. The van der Waals surface area contributed by atoms with Crippen molar-refractivity contribution in [2.24, 2.45) is 17.6 Å². The topological polar surface area (TPSA) is 77.0 Å². The first-order valence-corrected chi connectivity index (χ1v) is 6.54. The summed E-state index contributed by atoms with van der Waals surface area (Å²) < 4.78 is 5.28. The zero-order valence-corrected chi connectivity index (χ0v) is 10.5. The maximum absolute atomic E-state index is 5.40. The third-order valence-electron chi connectivity index (χ3n) is 3.52. The van der Waals surface area contributed by atoms with Crippen LogP contribution in [0.25, 0.3) is 0 Å². The van der Waals surface area contributed by atoms with Gasteiger partial charge in [-0.2, -0.15) is 0 Å². The molecule has 1 aliphatic carbocycles. The summed E-state index contributed by atoms with van der Waals surface area (Å²) in [7, 11) is 0. The van der Waals surface area contributed by atoms with Crippen molar-refractivity contribution in [3.63, 3.8) is 0 Å². The number of nitrogens with zero attached hydrogens (tertiary/aromatic N) is 2. The zero-order chi connectivity index (χ0) is 12.1. The van der Waals surface area contributed by atoms with Crippen LogP contribution in [0.5, 0.6) is 0 Å². The van der Waals surface area contributed by atoms with Gasteiger partial charge in [0.05, 0.1) is 6.54 Å². The molecule has 1 fully saturated rings. The zero-order valence-electron chi connectivity index (χ0n) is 10.5. The van der Waals surface area contributed by atoms with E-state index in [0.717, 1.165) is 18.4 Å². The van der Waals surface area contributed by atoms with Crippen LogP contribution in [0.1, 0.15) is 44.9 Å². The molecule has 0 aromatic carbocycles. The lowest BCUT2D eigenvalue weighted by molar-refractivity contribution is 0.274. The van der Waals surface area contributed by atoms with Crippen LogP contribution in [-0.2, 0) is 6.54 Å². The smallest absolute Gasteiger partial charge is 0.315 e. The second-order valence-electron chi connectivity index (χ2n) is 5.06. The fourth-order valence-corrected chi connectivity index (χ4v) is 2.61. The molecule has 0 spiro atoms. The van der Waals surface area contributed by atoms with E-state index >= 15 is 0 Å². The second kappa shape index (κ2) is 6.00. The maximum Gasteiger partial charge on any atom is 0.315 e. The highest BCUT2D eigenvalue weighted by Crippen LogP contribution is 2.30. The van der Waals surface area contributed by atoms with Gasteiger partial charge in [-0.1, -0.05) is 31.3 Å². The molecule has 1 aromatic rings. The van der Waals surface area contributed by atoms with Crippen LogP contribution >= 0.6 is 0 Å². The minimum atomic E-state index is 0.300. The van der Waals surface area contributed by atoms with Crippen molar-refractivity contribution in [2.75, 3.05) is 11.9 Å². The molecule has 0 bridgehead atoms. The van der Waals surface area contributed by atoms with Crippen LogP contribution < -0.4 is 11.1 Å². The third kappa shape index (κ3) is 3.70. The van der Waals surface area contributed by atoms with Gasteiger partial charge in [-0.15, -0.1) is 5.10 Å². The van der Waals surface area contributed by atoms with Gasteiger partial charge in [0.2, 0.25) is 5.89 Å². The molecule has 0 aliphatic heterocycles. The summed E-state index contributed by atoms with van der Waals surface area (Å²) in [4.78, 5) is 0.